The first kappa shape index (κ1) is 13.6. The standard InChI is InChI=1S/C16H20N4O2/c1-21-13-4-2-12(3-5-13)14-18-15(22-19-14)20-10-7-16(8-11-20)6-9-17-16/h2-5,17H,6-11H2,1H3. The second-order valence-corrected chi connectivity index (χ2v) is 6.07. The number of ether oxygens (including phenoxy) is 1. The molecule has 0 aliphatic carbocycles. The Balaban J connectivity index is 1.47. The lowest BCUT2D eigenvalue weighted by molar-refractivity contribution is 0.161. The number of methoxy groups -OCH3 is 1. The quantitative estimate of drug-likeness (QED) is 0.936. The van der Waals surface area contributed by atoms with Crippen LogP contribution in [0.2, 0.25) is 0 Å². The molecule has 0 amide bonds. The normalized spacial score (nSPS) is 20.0. The summed E-state index contributed by atoms with van der Waals surface area (Å²) in [6, 6.07) is 8.31. The summed E-state index contributed by atoms with van der Waals surface area (Å²) in [5.41, 5.74) is 1.32. The Morgan fingerprint density at radius 1 is 1.18 bits per heavy atom. The van der Waals surface area contributed by atoms with Gasteiger partial charge in [0.05, 0.1) is 7.11 Å². The summed E-state index contributed by atoms with van der Waals surface area (Å²) in [5, 5.41) is 7.67. The summed E-state index contributed by atoms with van der Waals surface area (Å²) in [6.07, 6.45) is 3.59. The number of benzene rings is 1. The van der Waals surface area contributed by atoms with Gasteiger partial charge in [-0.2, -0.15) is 4.98 Å². The van der Waals surface area contributed by atoms with E-state index in [9.17, 15) is 0 Å². The van der Waals surface area contributed by atoms with E-state index in [1.807, 2.05) is 24.3 Å². The van der Waals surface area contributed by atoms with Crippen LogP contribution in [0.25, 0.3) is 11.4 Å². The molecule has 2 fully saturated rings. The number of nitrogens with one attached hydrogen (secondary N) is 1. The second kappa shape index (κ2) is 5.28. The Hall–Kier alpha value is -2.08. The van der Waals surface area contributed by atoms with E-state index < -0.39 is 0 Å². The molecule has 3 heterocycles. The Labute approximate surface area is 129 Å². The molecule has 4 rings (SSSR count). The number of hydrogen-bond acceptors (Lipinski definition) is 6. The van der Waals surface area contributed by atoms with Crippen LogP contribution in [-0.2, 0) is 0 Å². The maximum atomic E-state index is 5.45. The van der Waals surface area contributed by atoms with Gasteiger partial charge in [-0.05, 0) is 50.1 Å². The first-order valence-electron chi connectivity index (χ1n) is 7.76. The highest BCUT2D eigenvalue weighted by Gasteiger charge is 2.40. The van der Waals surface area contributed by atoms with Crippen LogP contribution in [0.3, 0.4) is 0 Å². The predicted molar refractivity (Wildman–Crippen MR) is 83.1 cm³/mol. The van der Waals surface area contributed by atoms with E-state index in [4.69, 9.17) is 9.26 Å². The summed E-state index contributed by atoms with van der Waals surface area (Å²) >= 11 is 0. The highest BCUT2D eigenvalue weighted by molar-refractivity contribution is 5.57. The maximum absolute atomic E-state index is 5.45. The molecule has 1 N–H and O–H groups in total. The third kappa shape index (κ3) is 2.33. The van der Waals surface area contributed by atoms with E-state index in [0.29, 0.717) is 17.4 Å². The van der Waals surface area contributed by atoms with Crippen LogP contribution < -0.4 is 15.0 Å². The molecular formula is C16H20N4O2. The van der Waals surface area contributed by atoms with Gasteiger partial charge in [0, 0.05) is 24.2 Å². The fourth-order valence-electron chi connectivity index (χ4n) is 3.23. The van der Waals surface area contributed by atoms with Crippen LogP contribution in [0.5, 0.6) is 5.75 Å². The van der Waals surface area contributed by atoms with Gasteiger partial charge in [0.25, 0.3) is 0 Å². The van der Waals surface area contributed by atoms with Crippen LogP contribution in [-0.4, -0.2) is 42.4 Å². The second-order valence-electron chi connectivity index (χ2n) is 6.07. The smallest absolute Gasteiger partial charge is 0.324 e. The molecule has 22 heavy (non-hydrogen) atoms. The zero-order chi connectivity index (χ0) is 15.0. The van der Waals surface area contributed by atoms with Crippen LogP contribution >= 0.6 is 0 Å². The molecule has 0 saturated carbocycles. The lowest BCUT2D eigenvalue weighted by atomic mass is 9.79. The van der Waals surface area contributed by atoms with E-state index in [1.165, 1.54) is 6.42 Å². The monoisotopic (exact) mass is 300 g/mol. The van der Waals surface area contributed by atoms with Gasteiger partial charge in [-0.25, -0.2) is 0 Å². The van der Waals surface area contributed by atoms with Gasteiger partial charge in [0.1, 0.15) is 5.75 Å². The number of aromatic nitrogens is 2. The molecule has 1 spiro atoms. The highest BCUT2D eigenvalue weighted by Crippen LogP contribution is 2.33. The summed E-state index contributed by atoms with van der Waals surface area (Å²) in [4.78, 5) is 6.72. The van der Waals surface area contributed by atoms with Crippen molar-refractivity contribution in [1.29, 1.82) is 0 Å². The fraction of sp³-hybridized carbons (Fsp3) is 0.500. The zero-order valence-corrected chi connectivity index (χ0v) is 12.7. The van der Waals surface area contributed by atoms with Crippen LogP contribution in [0.4, 0.5) is 6.01 Å². The molecule has 0 atom stereocenters. The van der Waals surface area contributed by atoms with Crippen molar-refractivity contribution in [3.05, 3.63) is 24.3 Å². The lowest BCUT2D eigenvalue weighted by Gasteiger charge is -2.48. The molecule has 1 aromatic heterocycles. The number of hydrogen-bond donors (Lipinski definition) is 1. The van der Waals surface area contributed by atoms with Crippen molar-refractivity contribution in [2.75, 3.05) is 31.6 Å². The Morgan fingerprint density at radius 2 is 1.91 bits per heavy atom. The van der Waals surface area contributed by atoms with Crippen molar-refractivity contribution in [2.45, 2.75) is 24.8 Å². The summed E-state index contributed by atoms with van der Waals surface area (Å²) < 4.78 is 10.6. The molecule has 2 saturated heterocycles. The van der Waals surface area contributed by atoms with E-state index in [-0.39, 0.29) is 0 Å². The van der Waals surface area contributed by atoms with Crippen LogP contribution in [0.1, 0.15) is 19.3 Å². The lowest BCUT2D eigenvalue weighted by Crippen LogP contribution is -2.61. The minimum atomic E-state index is 0.384. The molecule has 6 nitrogen and oxygen atoms in total. The summed E-state index contributed by atoms with van der Waals surface area (Å²) in [5.74, 6) is 1.45. The minimum Gasteiger partial charge on any atom is -0.497 e. The number of anilines is 1. The predicted octanol–water partition coefficient (Wildman–Crippen LogP) is 2.08. The molecule has 2 aliphatic rings. The summed E-state index contributed by atoms with van der Waals surface area (Å²) in [7, 11) is 1.65. The van der Waals surface area contributed by atoms with Gasteiger partial charge < -0.3 is 19.5 Å². The van der Waals surface area contributed by atoms with Crippen molar-refractivity contribution >= 4 is 6.01 Å². The first-order valence-corrected chi connectivity index (χ1v) is 7.76. The third-order valence-corrected chi connectivity index (χ3v) is 4.86. The minimum absolute atomic E-state index is 0.384. The van der Waals surface area contributed by atoms with E-state index in [2.05, 4.69) is 20.4 Å². The molecule has 2 aromatic rings. The fourth-order valence-corrected chi connectivity index (χ4v) is 3.23. The molecule has 116 valence electrons. The van der Waals surface area contributed by atoms with Gasteiger partial charge >= 0.3 is 6.01 Å². The molecule has 0 bridgehead atoms. The van der Waals surface area contributed by atoms with Crippen LogP contribution in [0.15, 0.2) is 28.8 Å². The van der Waals surface area contributed by atoms with Crippen molar-refractivity contribution in [3.63, 3.8) is 0 Å². The maximum Gasteiger partial charge on any atom is 0.324 e. The van der Waals surface area contributed by atoms with Gasteiger partial charge in [-0.15, -0.1) is 0 Å². The highest BCUT2D eigenvalue weighted by atomic mass is 16.5. The molecule has 2 aliphatic heterocycles. The van der Waals surface area contributed by atoms with Crippen molar-refractivity contribution in [1.82, 2.24) is 15.5 Å². The first-order chi connectivity index (χ1) is 10.8. The Morgan fingerprint density at radius 3 is 2.50 bits per heavy atom. The van der Waals surface area contributed by atoms with Gasteiger partial charge in [0.15, 0.2) is 0 Å². The third-order valence-electron chi connectivity index (χ3n) is 4.86. The number of nitrogens with zero attached hydrogens (tertiary/aromatic N) is 3. The van der Waals surface area contributed by atoms with E-state index in [0.717, 1.165) is 43.8 Å². The van der Waals surface area contributed by atoms with Gasteiger partial charge in [-0.1, -0.05) is 5.16 Å². The SMILES string of the molecule is COc1ccc(-c2noc(N3CCC4(CCN4)CC3)n2)cc1. The van der Waals surface area contributed by atoms with Gasteiger partial charge in [0.2, 0.25) is 5.82 Å². The van der Waals surface area contributed by atoms with Crippen molar-refractivity contribution in [2.24, 2.45) is 0 Å². The Kier molecular flexibility index (Phi) is 3.26. The van der Waals surface area contributed by atoms with Crippen LogP contribution in [0, 0.1) is 0 Å². The van der Waals surface area contributed by atoms with Crippen molar-refractivity contribution < 1.29 is 9.26 Å². The molecule has 0 radical (unpaired) electrons. The summed E-state index contributed by atoms with van der Waals surface area (Å²) in [6.45, 7) is 3.09. The molecule has 6 heteroatoms. The molecule has 0 unspecified atom stereocenters. The van der Waals surface area contributed by atoms with E-state index in [1.54, 1.807) is 7.11 Å². The Bertz CT molecular complexity index is 638. The van der Waals surface area contributed by atoms with E-state index >= 15 is 0 Å². The topological polar surface area (TPSA) is 63.4 Å². The average molecular weight is 300 g/mol. The molecule has 1 aromatic carbocycles. The molecular weight excluding hydrogens is 280 g/mol. The van der Waals surface area contributed by atoms with Gasteiger partial charge in [-0.3, -0.25) is 0 Å². The largest absolute Gasteiger partial charge is 0.497 e. The average Bonchev–Trinajstić information content (AvgIpc) is 3.03. The zero-order valence-electron chi connectivity index (χ0n) is 12.7. The number of rotatable bonds is 3. The van der Waals surface area contributed by atoms with Crippen molar-refractivity contribution in [3.8, 4) is 17.1 Å². The number of piperidine rings is 1.